The molecule has 1 rings (SSSR count). The zero-order chi connectivity index (χ0) is 12.8. The van der Waals surface area contributed by atoms with Gasteiger partial charge in [-0.2, -0.15) is 0 Å². The Balaban J connectivity index is 2.95. The summed E-state index contributed by atoms with van der Waals surface area (Å²) in [5, 5.41) is 8.82. The van der Waals surface area contributed by atoms with E-state index in [2.05, 4.69) is 0 Å². The monoisotopic (exact) mass is 274 g/mol. The zero-order valence-corrected chi connectivity index (χ0v) is 10.7. The molecule has 0 aliphatic heterocycles. The maximum absolute atomic E-state index is 10.7. The lowest BCUT2D eigenvalue weighted by atomic mass is 9.96. The summed E-state index contributed by atoms with van der Waals surface area (Å²) in [7, 11) is 1.57. The zero-order valence-electron chi connectivity index (χ0n) is 9.19. The molecule has 0 heterocycles. The van der Waals surface area contributed by atoms with Crippen molar-refractivity contribution < 1.29 is 14.6 Å². The molecule has 1 N–H and O–H groups in total. The van der Waals surface area contributed by atoms with Crippen LogP contribution < -0.4 is 4.74 Å². The van der Waals surface area contributed by atoms with Gasteiger partial charge in [-0.15, -0.1) is 0 Å². The van der Waals surface area contributed by atoms with Crippen molar-refractivity contribution in [2.24, 2.45) is 0 Å². The average Bonchev–Trinajstić information content (AvgIpc) is 2.27. The molecular formula is C12H12Cl2O3. The molecule has 1 unspecified atom stereocenters. The van der Waals surface area contributed by atoms with E-state index in [0.29, 0.717) is 5.75 Å². The van der Waals surface area contributed by atoms with Crippen molar-refractivity contribution in [3.05, 3.63) is 40.4 Å². The number of benzene rings is 1. The summed E-state index contributed by atoms with van der Waals surface area (Å²) in [5.41, 5.74) is 0.826. The van der Waals surface area contributed by atoms with E-state index in [0.717, 1.165) is 5.56 Å². The third kappa shape index (κ3) is 4.67. The van der Waals surface area contributed by atoms with Crippen molar-refractivity contribution >= 4 is 29.2 Å². The minimum atomic E-state index is -0.906. The number of hydrogen-bond donors (Lipinski definition) is 1. The van der Waals surface area contributed by atoms with Gasteiger partial charge in [0.15, 0.2) is 0 Å². The Morgan fingerprint density at radius 3 is 2.41 bits per heavy atom. The second kappa shape index (κ2) is 6.52. The predicted octanol–water partition coefficient (Wildman–Crippen LogP) is 3.57. The van der Waals surface area contributed by atoms with Crippen LogP contribution in [-0.4, -0.2) is 18.2 Å². The van der Waals surface area contributed by atoms with Crippen LogP contribution in [0.15, 0.2) is 34.8 Å². The van der Waals surface area contributed by atoms with Crippen molar-refractivity contribution in [1.82, 2.24) is 0 Å². The summed E-state index contributed by atoms with van der Waals surface area (Å²) in [4.78, 5) is 10.7. The lowest BCUT2D eigenvalue weighted by Crippen LogP contribution is -2.04. The van der Waals surface area contributed by atoms with E-state index in [1.54, 1.807) is 31.4 Å². The second-order valence-electron chi connectivity index (χ2n) is 3.43. The first kappa shape index (κ1) is 13.9. The molecule has 5 heteroatoms. The molecule has 0 aliphatic carbocycles. The third-order valence-electron chi connectivity index (χ3n) is 2.27. The van der Waals surface area contributed by atoms with Crippen LogP contribution in [0, 0.1) is 0 Å². The normalized spacial score (nSPS) is 11.7. The van der Waals surface area contributed by atoms with E-state index in [-0.39, 0.29) is 16.8 Å². The minimum Gasteiger partial charge on any atom is -0.497 e. The molecular weight excluding hydrogens is 263 g/mol. The Hall–Kier alpha value is -1.19. The number of allylic oxidation sites excluding steroid dienone is 1. The van der Waals surface area contributed by atoms with Crippen LogP contribution in [-0.2, 0) is 4.79 Å². The minimum absolute atomic E-state index is 0.0602. The molecule has 1 aromatic carbocycles. The lowest BCUT2D eigenvalue weighted by Gasteiger charge is -2.11. The van der Waals surface area contributed by atoms with Crippen LogP contribution in [0.2, 0.25) is 0 Å². The quantitative estimate of drug-likeness (QED) is 0.893. The standard InChI is InChI=1S/C12H12Cl2O3/c1-17-10-4-2-8(3-5-10)9(6-11(13)14)7-12(15)16/h2-6,9H,7H2,1H3,(H,15,16). The molecule has 0 amide bonds. The first-order valence-corrected chi connectivity index (χ1v) is 5.67. The average molecular weight is 275 g/mol. The highest BCUT2D eigenvalue weighted by atomic mass is 35.5. The summed E-state index contributed by atoms with van der Waals surface area (Å²) in [6.07, 6.45) is 1.45. The van der Waals surface area contributed by atoms with Crippen LogP contribution in [0.3, 0.4) is 0 Å². The largest absolute Gasteiger partial charge is 0.497 e. The first-order chi connectivity index (χ1) is 8.02. The lowest BCUT2D eigenvalue weighted by molar-refractivity contribution is -0.137. The molecule has 0 aromatic heterocycles. The maximum atomic E-state index is 10.7. The Morgan fingerprint density at radius 2 is 2.00 bits per heavy atom. The molecule has 1 atom stereocenters. The van der Waals surface area contributed by atoms with Crippen molar-refractivity contribution in [2.75, 3.05) is 7.11 Å². The van der Waals surface area contributed by atoms with Crippen LogP contribution in [0.5, 0.6) is 5.75 Å². The van der Waals surface area contributed by atoms with Crippen LogP contribution in [0.4, 0.5) is 0 Å². The van der Waals surface area contributed by atoms with Crippen molar-refractivity contribution in [3.63, 3.8) is 0 Å². The number of hydrogen-bond acceptors (Lipinski definition) is 2. The van der Waals surface area contributed by atoms with Gasteiger partial charge in [-0.3, -0.25) is 4.79 Å². The number of ether oxygens (including phenoxy) is 1. The maximum Gasteiger partial charge on any atom is 0.304 e. The van der Waals surface area contributed by atoms with Gasteiger partial charge in [0.2, 0.25) is 0 Å². The van der Waals surface area contributed by atoms with Gasteiger partial charge in [-0.1, -0.05) is 35.3 Å². The molecule has 0 aliphatic rings. The number of aliphatic carboxylic acids is 1. The van der Waals surface area contributed by atoms with Gasteiger partial charge >= 0.3 is 5.97 Å². The van der Waals surface area contributed by atoms with Crippen molar-refractivity contribution in [2.45, 2.75) is 12.3 Å². The number of halogens is 2. The molecule has 0 saturated heterocycles. The van der Waals surface area contributed by atoms with Gasteiger partial charge in [-0.05, 0) is 23.8 Å². The molecule has 0 radical (unpaired) electrons. The topological polar surface area (TPSA) is 46.5 Å². The smallest absolute Gasteiger partial charge is 0.304 e. The Labute approximate surface area is 110 Å². The van der Waals surface area contributed by atoms with Gasteiger partial charge in [0.25, 0.3) is 0 Å². The van der Waals surface area contributed by atoms with E-state index < -0.39 is 5.97 Å². The fourth-order valence-corrected chi connectivity index (χ4v) is 1.77. The highest BCUT2D eigenvalue weighted by Gasteiger charge is 2.13. The summed E-state index contributed by atoms with van der Waals surface area (Å²) >= 11 is 11.1. The molecule has 17 heavy (non-hydrogen) atoms. The van der Waals surface area contributed by atoms with E-state index in [1.165, 1.54) is 6.08 Å². The van der Waals surface area contributed by atoms with Gasteiger partial charge in [0, 0.05) is 5.92 Å². The second-order valence-corrected chi connectivity index (χ2v) is 4.44. The predicted molar refractivity (Wildman–Crippen MR) is 67.8 cm³/mol. The summed E-state index contributed by atoms with van der Waals surface area (Å²) < 4.78 is 5.09. The fraction of sp³-hybridized carbons (Fsp3) is 0.250. The molecule has 1 aromatic rings. The number of carboxylic acid groups (broad SMARTS) is 1. The molecule has 3 nitrogen and oxygen atoms in total. The Morgan fingerprint density at radius 1 is 1.41 bits per heavy atom. The third-order valence-corrected chi connectivity index (χ3v) is 2.52. The van der Waals surface area contributed by atoms with Gasteiger partial charge in [-0.25, -0.2) is 0 Å². The molecule has 0 saturated carbocycles. The summed E-state index contributed by atoms with van der Waals surface area (Å²) in [6, 6.07) is 7.11. The molecule has 0 fully saturated rings. The molecule has 0 spiro atoms. The Kier molecular flexibility index (Phi) is 5.32. The molecule has 92 valence electrons. The van der Waals surface area contributed by atoms with Gasteiger partial charge in [0.1, 0.15) is 10.2 Å². The van der Waals surface area contributed by atoms with Crippen LogP contribution in [0.25, 0.3) is 0 Å². The summed E-state index contributed by atoms with van der Waals surface area (Å²) in [5.74, 6) is -0.538. The highest BCUT2D eigenvalue weighted by molar-refractivity contribution is 6.55. The SMILES string of the molecule is COc1ccc(C(C=C(Cl)Cl)CC(=O)O)cc1. The van der Waals surface area contributed by atoms with E-state index in [1.807, 2.05) is 0 Å². The first-order valence-electron chi connectivity index (χ1n) is 4.91. The van der Waals surface area contributed by atoms with E-state index >= 15 is 0 Å². The van der Waals surface area contributed by atoms with Gasteiger partial charge < -0.3 is 9.84 Å². The number of methoxy groups -OCH3 is 1. The van der Waals surface area contributed by atoms with Crippen molar-refractivity contribution in [1.29, 1.82) is 0 Å². The summed E-state index contributed by atoms with van der Waals surface area (Å²) in [6.45, 7) is 0. The van der Waals surface area contributed by atoms with Crippen molar-refractivity contribution in [3.8, 4) is 5.75 Å². The number of carbonyl (C=O) groups is 1. The van der Waals surface area contributed by atoms with Crippen LogP contribution >= 0.6 is 23.2 Å². The fourth-order valence-electron chi connectivity index (χ4n) is 1.46. The number of carboxylic acids is 1. The Bertz CT molecular complexity index is 408. The van der Waals surface area contributed by atoms with Gasteiger partial charge in [0.05, 0.1) is 13.5 Å². The van der Waals surface area contributed by atoms with E-state index in [4.69, 9.17) is 33.0 Å². The number of rotatable bonds is 5. The highest BCUT2D eigenvalue weighted by Crippen LogP contribution is 2.26. The molecule has 0 bridgehead atoms. The van der Waals surface area contributed by atoms with Crippen LogP contribution in [0.1, 0.15) is 17.9 Å². The van der Waals surface area contributed by atoms with E-state index in [9.17, 15) is 4.79 Å².